The molecule has 1 aromatic rings. The summed E-state index contributed by atoms with van der Waals surface area (Å²) in [4.78, 5) is 4.53. The molecule has 0 amide bonds. The molecule has 0 atom stereocenters. The Kier molecular flexibility index (Phi) is 5.87. The molecular formula is C16H26N4. The smallest absolute Gasteiger partial charge is 0.206 e. The SMILES string of the molecule is CCc1ccc(CN=C(NN)NC2CCCCC2)cc1. The average Bonchev–Trinajstić information content (AvgIpc) is 2.53. The van der Waals surface area contributed by atoms with Crippen molar-refractivity contribution in [2.75, 3.05) is 0 Å². The van der Waals surface area contributed by atoms with Gasteiger partial charge in [0.15, 0.2) is 0 Å². The largest absolute Gasteiger partial charge is 0.353 e. The van der Waals surface area contributed by atoms with Crippen LogP contribution in [0, 0.1) is 0 Å². The van der Waals surface area contributed by atoms with E-state index in [9.17, 15) is 0 Å². The summed E-state index contributed by atoms with van der Waals surface area (Å²) in [5.74, 6) is 6.26. The summed E-state index contributed by atoms with van der Waals surface area (Å²) in [6, 6.07) is 9.11. The summed E-state index contributed by atoms with van der Waals surface area (Å²) >= 11 is 0. The van der Waals surface area contributed by atoms with Gasteiger partial charge in [-0.25, -0.2) is 10.8 Å². The predicted octanol–water partition coefficient (Wildman–Crippen LogP) is 2.49. The fraction of sp³-hybridized carbons (Fsp3) is 0.562. The normalized spacial score (nSPS) is 17.0. The molecule has 0 heterocycles. The zero-order valence-corrected chi connectivity index (χ0v) is 12.4. The molecule has 0 saturated heterocycles. The van der Waals surface area contributed by atoms with Crippen LogP contribution in [0.1, 0.15) is 50.2 Å². The number of aliphatic imine (C=N–C) groups is 1. The summed E-state index contributed by atoms with van der Waals surface area (Å²) in [5.41, 5.74) is 5.25. The maximum Gasteiger partial charge on any atom is 0.206 e. The third-order valence-electron chi connectivity index (χ3n) is 3.93. The highest BCUT2D eigenvalue weighted by molar-refractivity contribution is 5.79. The van der Waals surface area contributed by atoms with Gasteiger partial charge < -0.3 is 5.32 Å². The number of guanidine groups is 1. The lowest BCUT2D eigenvalue weighted by Gasteiger charge is -2.24. The molecule has 1 aliphatic carbocycles. The van der Waals surface area contributed by atoms with Gasteiger partial charge >= 0.3 is 0 Å². The van der Waals surface area contributed by atoms with E-state index in [0.717, 1.165) is 6.42 Å². The van der Waals surface area contributed by atoms with Crippen LogP contribution >= 0.6 is 0 Å². The first kappa shape index (κ1) is 14.9. The van der Waals surface area contributed by atoms with Crippen LogP contribution in [0.5, 0.6) is 0 Å². The molecule has 1 aliphatic rings. The van der Waals surface area contributed by atoms with Crippen LogP contribution in [0.4, 0.5) is 0 Å². The first-order chi connectivity index (χ1) is 9.81. The Labute approximate surface area is 121 Å². The lowest BCUT2D eigenvalue weighted by Crippen LogP contribution is -2.47. The Morgan fingerprint density at radius 2 is 1.80 bits per heavy atom. The first-order valence-corrected chi connectivity index (χ1v) is 7.67. The van der Waals surface area contributed by atoms with E-state index in [0.29, 0.717) is 18.5 Å². The summed E-state index contributed by atoms with van der Waals surface area (Å²) in [7, 11) is 0. The van der Waals surface area contributed by atoms with Gasteiger partial charge in [-0.1, -0.05) is 50.5 Å². The van der Waals surface area contributed by atoms with Gasteiger partial charge in [0.05, 0.1) is 6.54 Å². The van der Waals surface area contributed by atoms with Crippen LogP contribution < -0.4 is 16.6 Å². The molecule has 110 valence electrons. The molecule has 0 spiro atoms. The summed E-state index contributed by atoms with van der Waals surface area (Å²) in [6.45, 7) is 2.82. The summed E-state index contributed by atoms with van der Waals surface area (Å²) < 4.78 is 0. The summed E-state index contributed by atoms with van der Waals surface area (Å²) in [6.07, 6.45) is 7.45. The number of hydrogen-bond acceptors (Lipinski definition) is 2. The van der Waals surface area contributed by atoms with Crippen molar-refractivity contribution in [3.63, 3.8) is 0 Å². The lowest BCUT2D eigenvalue weighted by molar-refractivity contribution is 0.410. The molecule has 4 nitrogen and oxygen atoms in total. The highest BCUT2D eigenvalue weighted by atomic mass is 15.3. The Hall–Kier alpha value is -1.55. The number of nitrogens with one attached hydrogen (secondary N) is 2. The van der Waals surface area contributed by atoms with E-state index >= 15 is 0 Å². The van der Waals surface area contributed by atoms with E-state index in [2.05, 4.69) is 46.9 Å². The second kappa shape index (κ2) is 7.90. The van der Waals surface area contributed by atoms with Gasteiger partial charge in [0.1, 0.15) is 0 Å². The van der Waals surface area contributed by atoms with Crippen LogP contribution in [0.25, 0.3) is 0 Å². The molecule has 20 heavy (non-hydrogen) atoms. The average molecular weight is 274 g/mol. The molecule has 0 aromatic heterocycles. The molecule has 4 heteroatoms. The molecule has 2 rings (SSSR count). The number of hydrazine groups is 1. The Morgan fingerprint density at radius 1 is 1.15 bits per heavy atom. The fourth-order valence-electron chi connectivity index (χ4n) is 2.62. The topological polar surface area (TPSA) is 62.4 Å². The third-order valence-corrected chi connectivity index (χ3v) is 3.93. The van der Waals surface area contributed by atoms with E-state index in [-0.39, 0.29) is 0 Å². The van der Waals surface area contributed by atoms with Crippen LogP contribution in [-0.2, 0) is 13.0 Å². The number of nitrogens with two attached hydrogens (primary N) is 1. The van der Waals surface area contributed by atoms with Crippen molar-refractivity contribution >= 4 is 5.96 Å². The van der Waals surface area contributed by atoms with Crippen molar-refractivity contribution < 1.29 is 0 Å². The predicted molar refractivity (Wildman–Crippen MR) is 84.3 cm³/mol. The van der Waals surface area contributed by atoms with Crippen molar-refractivity contribution in [2.45, 2.75) is 58.0 Å². The molecule has 0 aliphatic heterocycles. The van der Waals surface area contributed by atoms with Gasteiger partial charge in [-0.2, -0.15) is 0 Å². The third kappa shape index (κ3) is 4.53. The second-order valence-corrected chi connectivity index (χ2v) is 5.46. The Balaban J connectivity index is 1.88. The van der Waals surface area contributed by atoms with Crippen LogP contribution in [0.3, 0.4) is 0 Å². The van der Waals surface area contributed by atoms with E-state index in [1.165, 1.54) is 43.2 Å². The van der Waals surface area contributed by atoms with Crippen molar-refractivity contribution in [3.8, 4) is 0 Å². The standard InChI is InChI=1S/C16H26N4/c1-2-13-8-10-14(11-9-13)12-18-16(20-17)19-15-6-4-3-5-7-15/h8-11,15H,2-7,12,17H2,1H3,(H2,18,19,20). The van der Waals surface area contributed by atoms with Crippen molar-refractivity contribution in [2.24, 2.45) is 10.8 Å². The monoisotopic (exact) mass is 274 g/mol. The number of nitrogens with zero attached hydrogens (tertiary/aromatic N) is 1. The quantitative estimate of drug-likeness (QED) is 0.342. The van der Waals surface area contributed by atoms with Gasteiger partial charge in [0.25, 0.3) is 0 Å². The summed E-state index contributed by atoms with van der Waals surface area (Å²) in [5, 5.41) is 3.41. The van der Waals surface area contributed by atoms with E-state index in [4.69, 9.17) is 5.84 Å². The molecular weight excluding hydrogens is 248 g/mol. The highest BCUT2D eigenvalue weighted by Gasteiger charge is 2.13. The zero-order chi connectivity index (χ0) is 14.2. The Bertz CT molecular complexity index is 419. The van der Waals surface area contributed by atoms with Crippen molar-refractivity contribution in [3.05, 3.63) is 35.4 Å². The van der Waals surface area contributed by atoms with E-state index < -0.39 is 0 Å². The van der Waals surface area contributed by atoms with E-state index in [1.807, 2.05) is 0 Å². The minimum absolute atomic E-state index is 0.515. The van der Waals surface area contributed by atoms with Gasteiger partial charge in [-0.3, -0.25) is 5.43 Å². The molecule has 4 N–H and O–H groups in total. The van der Waals surface area contributed by atoms with Gasteiger partial charge in [0.2, 0.25) is 5.96 Å². The van der Waals surface area contributed by atoms with Gasteiger partial charge in [0, 0.05) is 6.04 Å². The van der Waals surface area contributed by atoms with Crippen LogP contribution in [-0.4, -0.2) is 12.0 Å². The van der Waals surface area contributed by atoms with Crippen molar-refractivity contribution in [1.29, 1.82) is 0 Å². The maximum absolute atomic E-state index is 5.56. The number of aryl methyl sites for hydroxylation is 1. The maximum atomic E-state index is 5.56. The van der Waals surface area contributed by atoms with E-state index in [1.54, 1.807) is 0 Å². The molecule has 0 radical (unpaired) electrons. The minimum Gasteiger partial charge on any atom is -0.353 e. The number of hydrogen-bond donors (Lipinski definition) is 3. The lowest BCUT2D eigenvalue weighted by atomic mass is 9.96. The molecule has 0 bridgehead atoms. The van der Waals surface area contributed by atoms with Crippen LogP contribution in [0.2, 0.25) is 0 Å². The second-order valence-electron chi connectivity index (χ2n) is 5.46. The molecule has 1 aromatic carbocycles. The van der Waals surface area contributed by atoms with Crippen molar-refractivity contribution in [1.82, 2.24) is 10.7 Å². The molecule has 1 saturated carbocycles. The Morgan fingerprint density at radius 3 is 2.40 bits per heavy atom. The minimum atomic E-state index is 0.515. The first-order valence-electron chi connectivity index (χ1n) is 7.67. The van der Waals surface area contributed by atoms with Crippen LogP contribution in [0.15, 0.2) is 29.3 Å². The number of rotatable bonds is 4. The van der Waals surface area contributed by atoms with Gasteiger partial charge in [-0.05, 0) is 30.4 Å². The fourth-order valence-corrected chi connectivity index (χ4v) is 2.62. The molecule has 1 fully saturated rings. The highest BCUT2D eigenvalue weighted by Crippen LogP contribution is 2.17. The number of benzene rings is 1. The zero-order valence-electron chi connectivity index (χ0n) is 12.4. The molecule has 0 unspecified atom stereocenters. The van der Waals surface area contributed by atoms with Gasteiger partial charge in [-0.15, -0.1) is 0 Å².